The molecule has 27 heavy (non-hydrogen) atoms. The number of nitrogens with zero attached hydrogens (tertiary/aromatic N) is 2. The van der Waals surface area contributed by atoms with Crippen molar-refractivity contribution in [3.8, 4) is 0 Å². The molecule has 0 heterocycles. The van der Waals surface area contributed by atoms with Crippen LogP contribution >= 0.6 is 0 Å². The van der Waals surface area contributed by atoms with Crippen molar-refractivity contribution < 1.29 is 14.4 Å². The average molecular weight is 365 g/mol. The molecule has 0 bridgehead atoms. The van der Waals surface area contributed by atoms with Crippen molar-refractivity contribution in [2.24, 2.45) is 0 Å². The van der Waals surface area contributed by atoms with E-state index in [9.17, 15) is 14.4 Å². The highest BCUT2D eigenvalue weighted by Crippen LogP contribution is 2.15. The highest BCUT2D eigenvalue weighted by Gasteiger charge is 2.18. The molecule has 0 spiro atoms. The minimum atomic E-state index is -0.299. The summed E-state index contributed by atoms with van der Waals surface area (Å²) in [5.74, 6) is -0.638. The number of hydrogen-bond donors (Lipinski definition) is 1. The zero-order valence-corrected chi connectivity index (χ0v) is 15.7. The molecule has 0 atom stereocenters. The van der Waals surface area contributed by atoms with Crippen LogP contribution in [0.15, 0.2) is 60.7 Å². The van der Waals surface area contributed by atoms with E-state index in [0.717, 1.165) is 5.56 Å². The van der Waals surface area contributed by atoms with Gasteiger partial charge in [-0.15, -0.1) is 0 Å². The first-order chi connectivity index (χ1) is 12.9. The van der Waals surface area contributed by atoms with Crippen molar-refractivity contribution in [2.75, 3.05) is 32.6 Å². The van der Waals surface area contributed by atoms with Crippen molar-refractivity contribution in [1.82, 2.24) is 10.2 Å². The van der Waals surface area contributed by atoms with E-state index in [1.807, 2.05) is 18.2 Å². The molecule has 0 saturated heterocycles. The first-order valence-corrected chi connectivity index (χ1v) is 8.49. The Hall–Kier alpha value is -3.41. The number of amides is 3. The Bertz CT molecular complexity index is 828. The molecule has 0 radical (unpaired) electrons. The second-order valence-corrected chi connectivity index (χ2v) is 6.08. The first-order valence-electron chi connectivity index (χ1n) is 8.49. The molecule has 0 aromatic heterocycles. The molecule has 2 aromatic rings. The number of carbonyl (C=O) groups excluding carboxylic acids is 3. The van der Waals surface area contributed by atoms with Crippen molar-refractivity contribution in [3.05, 3.63) is 71.8 Å². The van der Waals surface area contributed by atoms with Gasteiger partial charge in [-0.3, -0.25) is 19.3 Å². The van der Waals surface area contributed by atoms with Crippen LogP contribution < -0.4 is 10.2 Å². The van der Waals surface area contributed by atoms with Crippen LogP contribution in [0.3, 0.4) is 0 Å². The van der Waals surface area contributed by atoms with Crippen molar-refractivity contribution >= 4 is 29.5 Å². The number of nitrogens with one attached hydrogen (secondary N) is 1. The third-order valence-corrected chi connectivity index (χ3v) is 3.94. The fourth-order valence-electron chi connectivity index (χ4n) is 2.33. The normalized spacial score (nSPS) is 10.5. The second kappa shape index (κ2) is 9.33. The summed E-state index contributed by atoms with van der Waals surface area (Å²) >= 11 is 0. The molecule has 2 aromatic carbocycles. The largest absolute Gasteiger partial charge is 0.355 e. The fraction of sp³-hybridized carbons (Fsp3) is 0.190. The quantitative estimate of drug-likeness (QED) is 0.798. The SMILES string of the molecule is CNC(=O)c1ccc(C=CC(=O)N(CC(=O)N(C)C)c2ccccc2)cc1. The van der Waals surface area contributed by atoms with E-state index in [2.05, 4.69) is 5.32 Å². The lowest BCUT2D eigenvalue weighted by Gasteiger charge is -2.22. The number of para-hydroxylation sites is 1. The molecule has 0 aliphatic heterocycles. The number of carbonyl (C=O) groups is 3. The Morgan fingerprint density at radius 3 is 2.15 bits per heavy atom. The summed E-state index contributed by atoms with van der Waals surface area (Å²) in [6.45, 7) is -0.0458. The molecular formula is C21H23N3O3. The van der Waals surface area contributed by atoms with Crippen LogP contribution in [0.4, 0.5) is 5.69 Å². The van der Waals surface area contributed by atoms with Gasteiger partial charge in [0.25, 0.3) is 11.8 Å². The maximum atomic E-state index is 12.7. The predicted octanol–water partition coefficient (Wildman–Crippen LogP) is 2.18. The minimum absolute atomic E-state index is 0.0458. The van der Waals surface area contributed by atoms with Crippen LogP contribution in [0.5, 0.6) is 0 Å². The molecule has 0 unspecified atom stereocenters. The lowest BCUT2D eigenvalue weighted by molar-refractivity contribution is -0.128. The van der Waals surface area contributed by atoms with E-state index in [4.69, 9.17) is 0 Å². The number of anilines is 1. The molecular weight excluding hydrogens is 342 g/mol. The van der Waals surface area contributed by atoms with Gasteiger partial charge in [0.15, 0.2) is 0 Å². The van der Waals surface area contributed by atoms with E-state index in [1.54, 1.807) is 63.6 Å². The Labute approximate surface area is 159 Å². The Morgan fingerprint density at radius 2 is 1.59 bits per heavy atom. The van der Waals surface area contributed by atoms with Gasteiger partial charge in [0.05, 0.1) is 0 Å². The summed E-state index contributed by atoms with van der Waals surface area (Å²) in [4.78, 5) is 39.3. The predicted molar refractivity (Wildman–Crippen MR) is 106 cm³/mol. The summed E-state index contributed by atoms with van der Waals surface area (Å²) in [5, 5.41) is 2.56. The average Bonchev–Trinajstić information content (AvgIpc) is 2.70. The van der Waals surface area contributed by atoms with E-state index in [0.29, 0.717) is 11.3 Å². The number of rotatable bonds is 6. The zero-order chi connectivity index (χ0) is 19.8. The highest BCUT2D eigenvalue weighted by atomic mass is 16.2. The molecule has 0 aliphatic rings. The number of benzene rings is 2. The Kier molecular flexibility index (Phi) is 6.88. The van der Waals surface area contributed by atoms with E-state index in [1.165, 1.54) is 15.9 Å². The Balaban J connectivity index is 2.18. The third kappa shape index (κ3) is 5.54. The van der Waals surface area contributed by atoms with Gasteiger partial charge in [-0.25, -0.2) is 0 Å². The second-order valence-electron chi connectivity index (χ2n) is 6.08. The summed E-state index contributed by atoms with van der Waals surface area (Å²) in [6, 6.07) is 15.9. The molecule has 6 heteroatoms. The van der Waals surface area contributed by atoms with Crippen LogP contribution in [0.2, 0.25) is 0 Å². The van der Waals surface area contributed by atoms with Crippen LogP contribution in [-0.4, -0.2) is 50.3 Å². The van der Waals surface area contributed by atoms with Gasteiger partial charge < -0.3 is 10.2 Å². The molecule has 2 rings (SSSR count). The summed E-state index contributed by atoms with van der Waals surface area (Å²) in [7, 11) is 4.88. The lowest BCUT2D eigenvalue weighted by Crippen LogP contribution is -2.39. The fourth-order valence-corrected chi connectivity index (χ4v) is 2.33. The molecule has 0 aliphatic carbocycles. The molecule has 0 saturated carbocycles. The van der Waals surface area contributed by atoms with Crippen LogP contribution in [-0.2, 0) is 9.59 Å². The van der Waals surface area contributed by atoms with Gasteiger partial charge in [-0.1, -0.05) is 30.3 Å². The smallest absolute Gasteiger partial charge is 0.251 e. The minimum Gasteiger partial charge on any atom is -0.355 e. The van der Waals surface area contributed by atoms with Gasteiger partial charge in [-0.2, -0.15) is 0 Å². The molecule has 0 fully saturated rings. The third-order valence-electron chi connectivity index (χ3n) is 3.94. The zero-order valence-electron chi connectivity index (χ0n) is 15.7. The summed E-state index contributed by atoms with van der Waals surface area (Å²) < 4.78 is 0. The van der Waals surface area contributed by atoms with E-state index >= 15 is 0 Å². The van der Waals surface area contributed by atoms with Crippen molar-refractivity contribution in [2.45, 2.75) is 0 Å². The van der Waals surface area contributed by atoms with Gasteiger partial charge in [-0.05, 0) is 35.9 Å². The van der Waals surface area contributed by atoms with E-state index in [-0.39, 0.29) is 24.3 Å². The van der Waals surface area contributed by atoms with Gasteiger partial charge in [0, 0.05) is 38.5 Å². The van der Waals surface area contributed by atoms with Gasteiger partial charge in [0.2, 0.25) is 5.91 Å². The maximum absolute atomic E-state index is 12.7. The maximum Gasteiger partial charge on any atom is 0.251 e. The monoisotopic (exact) mass is 365 g/mol. The molecule has 3 amide bonds. The summed E-state index contributed by atoms with van der Waals surface area (Å²) in [6.07, 6.45) is 3.08. The molecule has 140 valence electrons. The van der Waals surface area contributed by atoms with Crippen LogP contribution in [0, 0.1) is 0 Å². The standard InChI is InChI=1S/C21H23N3O3/c1-22-21(27)17-12-9-16(10-13-17)11-14-19(25)24(15-20(26)23(2)3)18-7-5-4-6-8-18/h4-14H,15H2,1-3H3,(H,22,27). The van der Waals surface area contributed by atoms with Gasteiger partial charge >= 0.3 is 0 Å². The van der Waals surface area contributed by atoms with Crippen LogP contribution in [0.25, 0.3) is 6.08 Å². The number of hydrogen-bond acceptors (Lipinski definition) is 3. The van der Waals surface area contributed by atoms with E-state index < -0.39 is 0 Å². The topological polar surface area (TPSA) is 69.7 Å². The van der Waals surface area contributed by atoms with Crippen molar-refractivity contribution in [1.29, 1.82) is 0 Å². The lowest BCUT2D eigenvalue weighted by atomic mass is 10.1. The molecule has 6 nitrogen and oxygen atoms in total. The van der Waals surface area contributed by atoms with Crippen LogP contribution in [0.1, 0.15) is 15.9 Å². The Morgan fingerprint density at radius 1 is 0.963 bits per heavy atom. The number of likely N-dealkylation sites (N-methyl/N-ethyl adjacent to an activating group) is 1. The van der Waals surface area contributed by atoms with Crippen molar-refractivity contribution in [3.63, 3.8) is 0 Å². The highest BCUT2D eigenvalue weighted by molar-refractivity contribution is 6.06. The van der Waals surface area contributed by atoms with Gasteiger partial charge in [0.1, 0.15) is 6.54 Å². The summed E-state index contributed by atoms with van der Waals surface area (Å²) in [5.41, 5.74) is 1.98. The molecule has 1 N–H and O–H groups in total. The first kappa shape index (κ1) is 19.9.